The monoisotopic (exact) mass is 361 g/mol. The summed E-state index contributed by atoms with van der Waals surface area (Å²) in [6, 6.07) is 12.3. The van der Waals surface area contributed by atoms with E-state index in [1.807, 2.05) is 30.3 Å². The Morgan fingerprint density at radius 3 is 2.52 bits per heavy atom. The fourth-order valence-corrected chi connectivity index (χ4v) is 4.28. The number of hydrogen-bond donors (Lipinski definition) is 2. The standard InChI is InChI=1S/C19H20FNO3S/c20-17-14(12-13-4-2-1-3-5-13)16(24-18(21)22)7-6-15(17)19(23)8-10-25-11-9-19/h1-7,23H,8-12H2,(H2,21,22). The van der Waals surface area contributed by atoms with Gasteiger partial charge < -0.3 is 15.6 Å². The maximum atomic E-state index is 15.3. The minimum absolute atomic E-state index is 0.0892. The SMILES string of the molecule is NC(=O)Oc1ccc(C2(O)CCSCC2)c(F)c1Cc1ccccc1. The molecular weight excluding hydrogens is 341 g/mol. The summed E-state index contributed by atoms with van der Waals surface area (Å²) in [5.41, 5.74) is 5.28. The van der Waals surface area contributed by atoms with Gasteiger partial charge in [-0.3, -0.25) is 0 Å². The molecule has 132 valence electrons. The molecule has 1 aliphatic heterocycles. The molecule has 3 rings (SSSR count). The van der Waals surface area contributed by atoms with Crippen LogP contribution in [-0.2, 0) is 12.0 Å². The van der Waals surface area contributed by atoms with Gasteiger partial charge in [-0.2, -0.15) is 11.8 Å². The summed E-state index contributed by atoms with van der Waals surface area (Å²) in [6.45, 7) is 0. The summed E-state index contributed by atoms with van der Waals surface area (Å²) < 4.78 is 20.3. The van der Waals surface area contributed by atoms with Crippen LogP contribution in [0.5, 0.6) is 5.75 Å². The Hall–Kier alpha value is -2.05. The topological polar surface area (TPSA) is 72.6 Å². The summed E-state index contributed by atoms with van der Waals surface area (Å²) in [7, 11) is 0. The predicted octanol–water partition coefficient (Wildman–Crippen LogP) is 3.59. The lowest BCUT2D eigenvalue weighted by atomic mass is 9.85. The van der Waals surface area contributed by atoms with E-state index in [0.29, 0.717) is 12.8 Å². The lowest BCUT2D eigenvalue weighted by molar-refractivity contribution is 0.0244. The van der Waals surface area contributed by atoms with Crippen LogP contribution in [0.3, 0.4) is 0 Å². The highest BCUT2D eigenvalue weighted by Gasteiger charge is 2.35. The summed E-state index contributed by atoms with van der Waals surface area (Å²) >= 11 is 1.75. The molecule has 3 N–H and O–H groups in total. The molecular formula is C19H20FNO3S. The van der Waals surface area contributed by atoms with Crippen molar-refractivity contribution in [1.29, 1.82) is 0 Å². The Morgan fingerprint density at radius 1 is 1.20 bits per heavy atom. The lowest BCUT2D eigenvalue weighted by Gasteiger charge is -2.33. The van der Waals surface area contributed by atoms with Crippen molar-refractivity contribution in [1.82, 2.24) is 0 Å². The second kappa shape index (κ2) is 7.45. The Balaban J connectivity index is 2.04. The van der Waals surface area contributed by atoms with Gasteiger partial charge in [0.1, 0.15) is 11.6 Å². The number of carbonyl (C=O) groups excluding carboxylic acids is 1. The molecule has 1 saturated heterocycles. The maximum absolute atomic E-state index is 15.3. The molecule has 0 saturated carbocycles. The molecule has 0 atom stereocenters. The normalized spacial score (nSPS) is 16.4. The number of primary amides is 1. The van der Waals surface area contributed by atoms with Crippen molar-refractivity contribution in [3.63, 3.8) is 0 Å². The minimum Gasteiger partial charge on any atom is -0.410 e. The zero-order valence-electron chi connectivity index (χ0n) is 13.7. The van der Waals surface area contributed by atoms with Gasteiger partial charge in [0.15, 0.2) is 0 Å². The number of amides is 1. The number of thioether (sulfide) groups is 1. The second-order valence-electron chi connectivity index (χ2n) is 6.13. The first kappa shape index (κ1) is 17.8. The minimum atomic E-state index is -1.19. The van der Waals surface area contributed by atoms with Crippen molar-refractivity contribution in [3.8, 4) is 5.75 Å². The highest BCUT2D eigenvalue weighted by Crippen LogP contribution is 2.40. The van der Waals surface area contributed by atoms with Crippen LogP contribution in [0.2, 0.25) is 0 Å². The molecule has 1 heterocycles. The zero-order chi connectivity index (χ0) is 17.9. The average molecular weight is 361 g/mol. The number of benzene rings is 2. The predicted molar refractivity (Wildman–Crippen MR) is 96.3 cm³/mol. The molecule has 0 aliphatic carbocycles. The van der Waals surface area contributed by atoms with Gasteiger partial charge in [-0.05, 0) is 42.0 Å². The van der Waals surface area contributed by atoms with Gasteiger partial charge in [0.05, 0.1) is 5.60 Å². The Labute approximate surface area is 150 Å². The van der Waals surface area contributed by atoms with E-state index in [1.54, 1.807) is 11.8 Å². The first-order valence-corrected chi connectivity index (χ1v) is 9.28. The third-order valence-corrected chi connectivity index (χ3v) is 5.44. The fourth-order valence-electron chi connectivity index (χ4n) is 3.11. The third kappa shape index (κ3) is 3.96. The van der Waals surface area contributed by atoms with E-state index in [9.17, 15) is 9.90 Å². The molecule has 1 amide bonds. The maximum Gasteiger partial charge on any atom is 0.409 e. The second-order valence-corrected chi connectivity index (χ2v) is 7.36. The van der Waals surface area contributed by atoms with E-state index in [-0.39, 0.29) is 23.3 Å². The molecule has 0 bridgehead atoms. The van der Waals surface area contributed by atoms with Crippen LogP contribution in [0.4, 0.5) is 9.18 Å². The molecule has 2 aromatic carbocycles. The van der Waals surface area contributed by atoms with Crippen LogP contribution >= 0.6 is 11.8 Å². The lowest BCUT2D eigenvalue weighted by Crippen LogP contribution is -2.32. The molecule has 1 fully saturated rings. The number of ether oxygens (including phenoxy) is 1. The molecule has 0 spiro atoms. The van der Waals surface area contributed by atoms with Gasteiger partial charge in [0.25, 0.3) is 0 Å². The van der Waals surface area contributed by atoms with Crippen molar-refractivity contribution in [2.45, 2.75) is 24.9 Å². The Bertz CT molecular complexity index is 761. The van der Waals surface area contributed by atoms with Crippen LogP contribution in [0.1, 0.15) is 29.5 Å². The van der Waals surface area contributed by atoms with Crippen molar-refractivity contribution < 1.29 is 19.0 Å². The van der Waals surface area contributed by atoms with Gasteiger partial charge in [0, 0.05) is 17.5 Å². The average Bonchev–Trinajstić information content (AvgIpc) is 2.59. The Morgan fingerprint density at radius 2 is 1.88 bits per heavy atom. The Kier molecular flexibility index (Phi) is 5.30. The highest BCUT2D eigenvalue weighted by atomic mass is 32.2. The largest absolute Gasteiger partial charge is 0.410 e. The van der Waals surface area contributed by atoms with Crippen LogP contribution in [0, 0.1) is 5.82 Å². The molecule has 4 nitrogen and oxygen atoms in total. The van der Waals surface area contributed by atoms with E-state index < -0.39 is 17.5 Å². The van der Waals surface area contributed by atoms with Crippen molar-refractivity contribution in [2.24, 2.45) is 5.73 Å². The van der Waals surface area contributed by atoms with Gasteiger partial charge in [-0.15, -0.1) is 0 Å². The van der Waals surface area contributed by atoms with Crippen LogP contribution in [-0.4, -0.2) is 22.7 Å². The van der Waals surface area contributed by atoms with Gasteiger partial charge >= 0.3 is 6.09 Å². The molecule has 2 aromatic rings. The third-order valence-electron chi connectivity index (χ3n) is 4.46. The van der Waals surface area contributed by atoms with E-state index in [4.69, 9.17) is 10.5 Å². The number of nitrogens with two attached hydrogens (primary N) is 1. The van der Waals surface area contributed by atoms with Crippen molar-refractivity contribution in [3.05, 3.63) is 65.0 Å². The molecule has 0 aromatic heterocycles. The quantitative estimate of drug-likeness (QED) is 0.873. The zero-order valence-corrected chi connectivity index (χ0v) is 14.5. The van der Waals surface area contributed by atoms with Crippen molar-refractivity contribution in [2.75, 3.05) is 11.5 Å². The first-order valence-electron chi connectivity index (χ1n) is 8.13. The number of aliphatic hydroxyl groups is 1. The van der Waals surface area contributed by atoms with Crippen LogP contribution in [0.15, 0.2) is 42.5 Å². The first-order chi connectivity index (χ1) is 12.0. The highest BCUT2D eigenvalue weighted by molar-refractivity contribution is 7.99. The number of halogens is 1. The number of carbonyl (C=O) groups is 1. The van der Waals surface area contributed by atoms with Gasteiger partial charge in [0.2, 0.25) is 0 Å². The van der Waals surface area contributed by atoms with E-state index >= 15 is 4.39 Å². The summed E-state index contributed by atoms with van der Waals surface area (Å²) in [5, 5.41) is 10.9. The van der Waals surface area contributed by atoms with Crippen molar-refractivity contribution >= 4 is 17.9 Å². The molecule has 0 radical (unpaired) electrons. The van der Waals surface area contributed by atoms with Crippen LogP contribution in [0.25, 0.3) is 0 Å². The van der Waals surface area contributed by atoms with Gasteiger partial charge in [-0.25, -0.2) is 9.18 Å². The smallest absolute Gasteiger partial charge is 0.409 e. The fraction of sp³-hybridized carbons (Fsp3) is 0.316. The molecule has 6 heteroatoms. The molecule has 1 aliphatic rings. The van der Waals surface area contributed by atoms with E-state index in [2.05, 4.69) is 0 Å². The number of hydrogen-bond acceptors (Lipinski definition) is 4. The molecule has 0 unspecified atom stereocenters. The van der Waals surface area contributed by atoms with E-state index in [1.165, 1.54) is 12.1 Å². The molecule has 25 heavy (non-hydrogen) atoms. The summed E-state index contributed by atoms with van der Waals surface area (Å²) in [5.74, 6) is 1.12. The van der Waals surface area contributed by atoms with E-state index in [0.717, 1.165) is 17.1 Å². The van der Waals surface area contributed by atoms with Crippen LogP contribution < -0.4 is 10.5 Å². The van der Waals surface area contributed by atoms with Gasteiger partial charge in [-0.1, -0.05) is 30.3 Å². The summed E-state index contributed by atoms with van der Waals surface area (Å²) in [4.78, 5) is 11.2. The number of rotatable bonds is 4. The summed E-state index contributed by atoms with van der Waals surface area (Å²) in [6.07, 6.45) is 0.243.